The fraction of sp³-hybridized carbons (Fsp3) is 0.0714. The average molecular weight is 285 g/mol. The van der Waals surface area contributed by atoms with E-state index in [1.165, 1.54) is 11.3 Å². The molecule has 0 saturated carbocycles. The Morgan fingerprint density at radius 1 is 1.25 bits per heavy atom. The first-order valence-corrected chi connectivity index (χ1v) is 6.86. The number of hydrogen-bond acceptors (Lipinski definition) is 5. The first kappa shape index (κ1) is 12.6. The number of nitrogens with one attached hydrogen (secondary N) is 1. The van der Waals surface area contributed by atoms with Crippen LogP contribution in [0.2, 0.25) is 0 Å². The van der Waals surface area contributed by atoms with Crippen molar-refractivity contribution in [1.82, 2.24) is 10.3 Å². The number of amides is 1. The van der Waals surface area contributed by atoms with Crippen LogP contribution >= 0.6 is 11.3 Å². The van der Waals surface area contributed by atoms with Crippen LogP contribution in [0.4, 0.5) is 5.82 Å². The molecule has 20 heavy (non-hydrogen) atoms. The van der Waals surface area contributed by atoms with E-state index in [4.69, 9.17) is 4.63 Å². The van der Waals surface area contributed by atoms with Crippen LogP contribution in [0, 0.1) is 6.92 Å². The Balaban J connectivity index is 1.86. The summed E-state index contributed by atoms with van der Waals surface area (Å²) in [4.78, 5) is 13.1. The number of hydrogen-bond donors (Lipinski definition) is 1. The van der Waals surface area contributed by atoms with E-state index >= 15 is 0 Å². The molecule has 3 aromatic rings. The molecule has 1 N–H and O–H groups in total. The molecule has 0 radical (unpaired) electrons. The number of anilines is 1. The van der Waals surface area contributed by atoms with Crippen LogP contribution < -0.4 is 5.32 Å². The van der Waals surface area contributed by atoms with Gasteiger partial charge in [0.1, 0.15) is 0 Å². The van der Waals surface area contributed by atoms with Crippen LogP contribution in [0.5, 0.6) is 0 Å². The molecule has 0 atom stereocenters. The van der Waals surface area contributed by atoms with Crippen LogP contribution in [-0.4, -0.2) is 16.2 Å². The predicted molar refractivity (Wildman–Crippen MR) is 76.7 cm³/mol. The lowest BCUT2D eigenvalue weighted by atomic mass is 10.1. The van der Waals surface area contributed by atoms with Crippen molar-refractivity contribution in [3.63, 3.8) is 0 Å². The largest absolute Gasteiger partial charge is 0.302 e. The lowest BCUT2D eigenvalue weighted by molar-refractivity contribution is 0.102. The summed E-state index contributed by atoms with van der Waals surface area (Å²) in [6.45, 7) is 1.94. The smallest absolute Gasteiger partial charge is 0.256 e. The maximum atomic E-state index is 12.2. The monoisotopic (exact) mass is 285 g/mol. The molecule has 100 valence electrons. The van der Waals surface area contributed by atoms with E-state index in [-0.39, 0.29) is 5.91 Å². The number of nitrogens with zero attached hydrogens (tertiary/aromatic N) is 2. The number of carbonyl (C=O) groups is 1. The fourth-order valence-corrected chi connectivity index (χ4v) is 2.52. The summed E-state index contributed by atoms with van der Waals surface area (Å²) in [5.41, 5.74) is 2.14. The molecule has 0 aliphatic heterocycles. The molecule has 0 aliphatic carbocycles. The Morgan fingerprint density at radius 3 is 2.90 bits per heavy atom. The average Bonchev–Trinajstić information content (AvgIpc) is 3.08. The van der Waals surface area contributed by atoms with E-state index in [9.17, 15) is 4.79 Å². The maximum absolute atomic E-state index is 12.2. The van der Waals surface area contributed by atoms with Crippen molar-refractivity contribution in [3.8, 4) is 10.6 Å². The quantitative estimate of drug-likeness (QED) is 0.801. The summed E-state index contributed by atoms with van der Waals surface area (Å²) in [7, 11) is 0. The summed E-state index contributed by atoms with van der Waals surface area (Å²) in [5.74, 6) is 0.0983. The first-order valence-electron chi connectivity index (χ1n) is 5.98. The Bertz CT molecular complexity index is 734. The van der Waals surface area contributed by atoms with Crippen molar-refractivity contribution in [3.05, 3.63) is 52.9 Å². The van der Waals surface area contributed by atoms with Gasteiger partial charge in [-0.15, -0.1) is 11.3 Å². The van der Waals surface area contributed by atoms with E-state index in [0.717, 1.165) is 10.4 Å². The molecule has 1 amide bonds. The van der Waals surface area contributed by atoms with Gasteiger partial charge in [-0.2, -0.15) is 0 Å². The van der Waals surface area contributed by atoms with Gasteiger partial charge in [-0.3, -0.25) is 4.79 Å². The van der Waals surface area contributed by atoms with Crippen LogP contribution in [0.3, 0.4) is 0 Å². The van der Waals surface area contributed by atoms with Gasteiger partial charge in [0.05, 0.1) is 4.88 Å². The SMILES string of the molecule is Cc1cccc(C(=O)Nc2nonc2-c2cccs2)c1. The lowest BCUT2D eigenvalue weighted by Gasteiger charge is -2.03. The number of benzene rings is 1. The van der Waals surface area contributed by atoms with Gasteiger partial charge in [0.25, 0.3) is 5.91 Å². The Labute approximate surface area is 119 Å². The Morgan fingerprint density at radius 2 is 2.15 bits per heavy atom. The minimum absolute atomic E-state index is 0.234. The molecule has 2 aromatic heterocycles. The molecule has 2 heterocycles. The standard InChI is InChI=1S/C14H11N3O2S/c1-9-4-2-5-10(8-9)14(18)15-13-12(16-19-17-13)11-6-3-7-20-11/h2-8H,1H3,(H,15,17,18). The van der Waals surface area contributed by atoms with Gasteiger partial charge in [0, 0.05) is 5.56 Å². The third kappa shape index (κ3) is 2.46. The number of thiophene rings is 1. The van der Waals surface area contributed by atoms with Crippen molar-refractivity contribution in [2.24, 2.45) is 0 Å². The molecule has 0 fully saturated rings. The molecule has 0 aliphatic rings. The summed E-state index contributed by atoms with van der Waals surface area (Å²) < 4.78 is 4.72. The highest BCUT2D eigenvalue weighted by Crippen LogP contribution is 2.28. The van der Waals surface area contributed by atoms with E-state index in [1.54, 1.807) is 6.07 Å². The van der Waals surface area contributed by atoms with Crippen molar-refractivity contribution >= 4 is 23.1 Å². The number of rotatable bonds is 3. The Hall–Kier alpha value is -2.47. The highest BCUT2D eigenvalue weighted by Gasteiger charge is 2.16. The van der Waals surface area contributed by atoms with Gasteiger partial charge in [0.2, 0.25) is 5.82 Å². The molecule has 3 rings (SSSR count). The zero-order valence-corrected chi connectivity index (χ0v) is 11.5. The molecule has 0 spiro atoms. The van der Waals surface area contributed by atoms with E-state index in [1.807, 2.05) is 42.6 Å². The van der Waals surface area contributed by atoms with Crippen molar-refractivity contribution in [1.29, 1.82) is 0 Å². The van der Waals surface area contributed by atoms with Crippen molar-refractivity contribution in [2.45, 2.75) is 6.92 Å². The van der Waals surface area contributed by atoms with Crippen LogP contribution in [0.25, 0.3) is 10.6 Å². The molecule has 1 aromatic carbocycles. The molecule has 6 heteroatoms. The number of carbonyl (C=O) groups excluding carboxylic acids is 1. The number of aromatic nitrogens is 2. The van der Waals surface area contributed by atoms with E-state index in [0.29, 0.717) is 17.1 Å². The summed E-state index contributed by atoms with van der Waals surface area (Å²) >= 11 is 1.51. The second kappa shape index (κ2) is 5.26. The van der Waals surface area contributed by atoms with E-state index < -0.39 is 0 Å². The second-order valence-corrected chi connectivity index (χ2v) is 5.21. The normalized spacial score (nSPS) is 10.4. The molecular formula is C14H11N3O2S. The first-order chi connectivity index (χ1) is 9.74. The van der Waals surface area contributed by atoms with Crippen LogP contribution in [0.15, 0.2) is 46.4 Å². The molecule has 0 bridgehead atoms. The summed E-state index contributed by atoms with van der Waals surface area (Å²) in [6, 6.07) is 11.1. The van der Waals surface area contributed by atoms with Gasteiger partial charge in [-0.25, -0.2) is 4.63 Å². The molecule has 5 nitrogen and oxygen atoms in total. The zero-order valence-electron chi connectivity index (χ0n) is 10.7. The van der Waals surface area contributed by atoms with Crippen molar-refractivity contribution in [2.75, 3.05) is 5.32 Å². The molecule has 0 saturated heterocycles. The minimum atomic E-state index is -0.234. The highest BCUT2D eigenvalue weighted by atomic mass is 32.1. The topological polar surface area (TPSA) is 68.0 Å². The highest BCUT2D eigenvalue weighted by molar-refractivity contribution is 7.13. The van der Waals surface area contributed by atoms with Gasteiger partial charge in [0.15, 0.2) is 5.69 Å². The maximum Gasteiger partial charge on any atom is 0.256 e. The minimum Gasteiger partial charge on any atom is -0.302 e. The fourth-order valence-electron chi connectivity index (χ4n) is 1.81. The molecule has 0 unspecified atom stereocenters. The summed E-state index contributed by atoms with van der Waals surface area (Å²) in [5, 5.41) is 12.2. The third-order valence-electron chi connectivity index (χ3n) is 2.76. The zero-order chi connectivity index (χ0) is 13.9. The van der Waals surface area contributed by atoms with Gasteiger partial charge in [-0.1, -0.05) is 23.8 Å². The Kier molecular flexibility index (Phi) is 3.30. The molecular weight excluding hydrogens is 274 g/mol. The van der Waals surface area contributed by atoms with E-state index in [2.05, 4.69) is 15.6 Å². The van der Waals surface area contributed by atoms with Gasteiger partial charge in [-0.05, 0) is 40.8 Å². The second-order valence-electron chi connectivity index (χ2n) is 4.26. The lowest BCUT2D eigenvalue weighted by Crippen LogP contribution is -2.12. The predicted octanol–water partition coefficient (Wildman–Crippen LogP) is 3.36. The number of aryl methyl sites for hydroxylation is 1. The van der Waals surface area contributed by atoms with Crippen LogP contribution in [-0.2, 0) is 0 Å². The van der Waals surface area contributed by atoms with Gasteiger partial charge >= 0.3 is 0 Å². The van der Waals surface area contributed by atoms with Crippen LogP contribution in [0.1, 0.15) is 15.9 Å². The third-order valence-corrected chi connectivity index (χ3v) is 3.63. The van der Waals surface area contributed by atoms with Crippen molar-refractivity contribution < 1.29 is 9.42 Å². The summed E-state index contributed by atoms with van der Waals surface area (Å²) in [6.07, 6.45) is 0. The van der Waals surface area contributed by atoms with Gasteiger partial charge < -0.3 is 5.32 Å².